The Morgan fingerprint density at radius 2 is 0.702 bits per heavy atom. The summed E-state index contributed by atoms with van der Waals surface area (Å²) < 4.78 is 120. The van der Waals surface area contributed by atoms with Gasteiger partial charge in [0.1, 0.15) is 73.3 Å². The van der Waals surface area contributed by atoms with Gasteiger partial charge in [0.15, 0.2) is 23.3 Å². The summed E-state index contributed by atoms with van der Waals surface area (Å²) in [6.45, 7) is 38.5. The zero-order valence-corrected chi connectivity index (χ0v) is 83.6. The van der Waals surface area contributed by atoms with E-state index in [2.05, 4.69) is 51.8 Å². The molecule has 3 amide bonds. The Kier molecular flexibility index (Phi) is 30.5. The number of nitrogen functional groups attached to an aromatic ring is 3. The Bertz CT molecular complexity index is 7330. The van der Waals surface area contributed by atoms with Crippen molar-refractivity contribution in [3.05, 3.63) is 255 Å². The van der Waals surface area contributed by atoms with Crippen molar-refractivity contribution in [2.24, 2.45) is 0 Å². The molecule has 0 spiro atoms. The van der Waals surface area contributed by atoms with Crippen molar-refractivity contribution in [1.29, 1.82) is 15.8 Å². The molecule has 0 bridgehead atoms. The van der Waals surface area contributed by atoms with Crippen LogP contribution in [0.25, 0.3) is 83.9 Å². The number of rotatable bonds is 15. The number of halogens is 15. The van der Waals surface area contributed by atoms with Gasteiger partial charge in [-0.05, 0) is 156 Å². The highest BCUT2D eigenvalue weighted by Gasteiger charge is 2.44. The van der Waals surface area contributed by atoms with E-state index >= 15 is 4.39 Å². The third-order valence-corrected chi connectivity index (χ3v) is 27.6. The number of fused-ring (bicyclic) bond motifs is 3. The van der Waals surface area contributed by atoms with Gasteiger partial charge in [-0.3, -0.25) is 57.4 Å². The SMILES string of the molecule is C=CC(=O)N1CCN(c2c(C#N)c(=O)n(-c3c(C)ccnc3C(C)C)c3nc(-c4c(C)c(Cl)c(F)c(Cl)c4N)c(Cl)cc23)C[C@H]1C.C=CC(=O)N1CCN(c2c(C#N)c(=O)n(-c3c(C)ccnc3C(C)C)c3nc(-c4c(C)c(Cl)c(F)c(Cl)c4N)c(Cl)cc23)C[C@H]1C.C=CC(=O)N1CCN(c2c(C#N)c(=O)n(-c3c(C)ccnc3C(C)C)c3nc(-c4c(N)c(F)c(F)c(C(F)(F)F)c4F)c(Cl)cc23)C[C@H]1C. The van der Waals surface area contributed by atoms with Crippen LogP contribution in [0.1, 0.15) is 147 Å². The zero-order chi connectivity index (χ0) is 104. The second-order valence-electron chi connectivity index (χ2n) is 35.0. The topological polar surface area (TPSA) is 363 Å². The number of amides is 3. The number of nitrogens with zero attached hydrogens (tertiary/aromatic N) is 18. The molecule has 12 aromatic rings. The van der Waals surface area contributed by atoms with Crippen LogP contribution in [0.3, 0.4) is 0 Å². The van der Waals surface area contributed by atoms with E-state index in [-0.39, 0.29) is 193 Å². The van der Waals surface area contributed by atoms with Crippen molar-refractivity contribution in [3.63, 3.8) is 0 Å². The van der Waals surface area contributed by atoms with Crippen molar-refractivity contribution >= 4 is 166 Å². The minimum Gasteiger partial charge on any atom is -0.397 e. The number of carbonyl (C=O) groups is 3. The molecule has 9 aromatic heterocycles. The molecule has 15 rings (SSSR count). The van der Waals surface area contributed by atoms with Gasteiger partial charge < -0.3 is 46.6 Å². The second kappa shape index (κ2) is 41.0. The predicted octanol–water partition coefficient (Wildman–Crippen LogP) is 20.6. The molecule has 12 heterocycles. The number of alkyl halides is 3. The number of aryl methyl sites for hydroxylation is 3. The van der Waals surface area contributed by atoms with E-state index < -0.39 is 85.5 Å². The number of pyridine rings is 9. The van der Waals surface area contributed by atoms with Gasteiger partial charge in [0.2, 0.25) is 17.7 Å². The highest BCUT2D eigenvalue weighted by molar-refractivity contribution is 6.40. The van der Waals surface area contributed by atoms with Gasteiger partial charge >= 0.3 is 6.18 Å². The molecule has 3 aromatic carbocycles. The van der Waals surface area contributed by atoms with Crippen LogP contribution in [0.2, 0.25) is 35.2 Å². The summed E-state index contributed by atoms with van der Waals surface area (Å²) in [4.78, 5) is 119. The fourth-order valence-electron chi connectivity index (χ4n) is 18.3. The maximum absolute atomic E-state index is 15.7. The molecule has 3 aliphatic rings. The molecule has 6 N–H and O–H groups in total. The van der Waals surface area contributed by atoms with Crippen molar-refractivity contribution < 1.29 is 49.5 Å². The van der Waals surface area contributed by atoms with E-state index in [4.69, 9.17) is 108 Å². The quantitative estimate of drug-likeness (QED) is 0.0282. The Hall–Kier alpha value is -13.4. The summed E-state index contributed by atoms with van der Waals surface area (Å²) in [5.74, 6) is -9.98. The first-order valence-corrected chi connectivity index (χ1v) is 46.5. The Balaban J connectivity index is 0.000000178. The monoisotopic (exact) mass is 2070 g/mol. The number of piperazine rings is 3. The first-order chi connectivity index (χ1) is 66.4. The number of benzene rings is 3. The summed E-state index contributed by atoms with van der Waals surface area (Å²) in [5.41, 5.74) is 16.0. The molecule has 3 saturated heterocycles. The van der Waals surface area contributed by atoms with Crippen LogP contribution in [-0.4, -0.2) is 153 Å². The second-order valence-corrected chi connectivity index (χ2v) is 37.7. The molecule has 0 radical (unpaired) electrons. The third-order valence-electron chi connectivity index (χ3n) is 25.1. The van der Waals surface area contributed by atoms with Crippen LogP contribution in [-0.2, 0) is 20.6 Å². The van der Waals surface area contributed by atoms with Gasteiger partial charge in [0, 0.05) is 123 Å². The fourth-order valence-corrected chi connectivity index (χ4v) is 19.9. The molecule has 3 aliphatic heterocycles. The van der Waals surface area contributed by atoms with Crippen LogP contribution < -0.4 is 48.6 Å². The van der Waals surface area contributed by atoms with Crippen LogP contribution in [0.4, 0.5) is 69.2 Å². The maximum atomic E-state index is 15.7. The molecule has 27 nitrogen and oxygen atoms in total. The van der Waals surface area contributed by atoms with Crippen molar-refractivity contribution in [3.8, 4) is 69.0 Å². The van der Waals surface area contributed by atoms with Crippen molar-refractivity contribution in [1.82, 2.24) is 58.3 Å². The van der Waals surface area contributed by atoms with E-state index in [1.165, 1.54) is 27.5 Å². The fraction of sp³-hybridized carbons (Fsp3) is 0.303. The van der Waals surface area contributed by atoms with Gasteiger partial charge in [-0.15, -0.1) is 0 Å². The molecule has 141 heavy (non-hydrogen) atoms. The lowest BCUT2D eigenvalue weighted by atomic mass is 10.00. The summed E-state index contributed by atoms with van der Waals surface area (Å²) in [6.07, 6.45) is 2.83. The summed E-state index contributed by atoms with van der Waals surface area (Å²) in [6, 6.07) is 14.8. The average Bonchev–Trinajstić information content (AvgIpc) is 0.724. The molecular formula is C99H90Cl7F8N21O6. The van der Waals surface area contributed by atoms with Crippen molar-refractivity contribution in [2.45, 2.75) is 139 Å². The molecule has 0 aliphatic carbocycles. The molecule has 42 heteroatoms. The number of aromatic nitrogens is 9. The molecule has 3 atom stereocenters. The lowest BCUT2D eigenvalue weighted by molar-refractivity contribution is -0.142. The number of nitriles is 3. The van der Waals surface area contributed by atoms with Crippen LogP contribution in [0.5, 0.6) is 0 Å². The van der Waals surface area contributed by atoms with E-state index in [0.717, 1.165) is 27.8 Å². The zero-order valence-electron chi connectivity index (χ0n) is 78.3. The summed E-state index contributed by atoms with van der Waals surface area (Å²) in [5, 5.41) is 30.7. The molecule has 0 saturated carbocycles. The van der Waals surface area contributed by atoms with E-state index in [1.807, 2.05) is 71.3 Å². The van der Waals surface area contributed by atoms with E-state index in [0.29, 0.717) is 95.4 Å². The smallest absolute Gasteiger partial charge is 0.397 e. The normalized spacial score (nSPS) is 15.1. The minimum absolute atomic E-state index is 0.0381. The first kappa shape index (κ1) is 105. The number of anilines is 6. The predicted molar refractivity (Wildman–Crippen MR) is 536 cm³/mol. The number of carbonyl (C=O) groups excluding carboxylic acids is 3. The highest BCUT2D eigenvalue weighted by Crippen LogP contribution is 2.51. The van der Waals surface area contributed by atoms with Crippen molar-refractivity contribution in [2.75, 3.05) is 90.8 Å². The Morgan fingerprint density at radius 1 is 0.426 bits per heavy atom. The Morgan fingerprint density at radius 3 is 0.950 bits per heavy atom. The highest BCUT2D eigenvalue weighted by atomic mass is 35.5. The van der Waals surface area contributed by atoms with Gasteiger partial charge in [0.25, 0.3) is 16.7 Å². The Labute approximate surface area is 838 Å². The average molecular weight is 2070 g/mol. The van der Waals surface area contributed by atoms with Crippen LogP contribution in [0.15, 0.2) is 107 Å². The molecule has 732 valence electrons. The minimum atomic E-state index is -5.68. The lowest BCUT2D eigenvalue weighted by Crippen LogP contribution is -2.54. The molecular weight excluding hydrogens is 1980 g/mol. The van der Waals surface area contributed by atoms with Crippen LogP contribution >= 0.6 is 81.2 Å². The van der Waals surface area contributed by atoms with Gasteiger partial charge in [0.05, 0.1) is 116 Å². The first-order valence-electron chi connectivity index (χ1n) is 43.8. The molecule has 3 fully saturated rings. The maximum Gasteiger partial charge on any atom is 0.422 e. The largest absolute Gasteiger partial charge is 0.422 e. The van der Waals surface area contributed by atoms with Gasteiger partial charge in [-0.2, -0.15) is 29.0 Å². The van der Waals surface area contributed by atoms with Crippen LogP contribution in [0, 0.1) is 97.7 Å². The van der Waals surface area contributed by atoms with E-state index in [1.54, 1.807) is 104 Å². The summed E-state index contributed by atoms with van der Waals surface area (Å²) in [7, 11) is 0. The summed E-state index contributed by atoms with van der Waals surface area (Å²) >= 11 is 45.5. The third kappa shape index (κ3) is 18.5. The number of hydrogen-bond donors (Lipinski definition) is 3. The number of hydrogen-bond acceptors (Lipinski definition) is 21. The van der Waals surface area contributed by atoms with Gasteiger partial charge in [-0.25, -0.2) is 36.9 Å². The van der Waals surface area contributed by atoms with E-state index in [9.17, 15) is 75.3 Å². The number of nitrogens with two attached hydrogens (primary N) is 3. The lowest BCUT2D eigenvalue weighted by Gasteiger charge is -2.41. The van der Waals surface area contributed by atoms with Gasteiger partial charge in [-0.1, -0.05) is 142 Å². The molecule has 0 unspecified atom stereocenters. The standard InChI is InChI=1S/2C33H31Cl3FN7O2.C33H28ClF6N7O2/c2*1-7-22(45)43-11-10-42(14-17(43)5)31-19-12-21(34)29(23-18(6)24(35)26(37)25(36)27(23)39)41-32(19)44(33(46)20(31)13-38)30-16(4)8-9-40-28(30)15(2)3;1-6-20(48)46-10-9-45(13-16(46)5)30-17-11-19(34)28(21-23(35)22(33(38,39)40)24(36)25(37)26(21)42)44-31(17)47(32(49)18(30)12-41)29-15(4)7-8-43-27(29)14(2)3/h2*7-9,12,15,17H,1,10-11,14,39H2,2-6H3;6-8,11,14,16H,1,9-10,13,42H2,2-5H3/t2*17-;16-/m111/s1.